The zero-order valence-corrected chi connectivity index (χ0v) is 11.4. The Balaban J connectivity index is 1.97. The van der Waals surface area contributed by atoms with Crippen LogP contribution in [0.3, 0.4) is 0 Å². The molecule has 1 amide bonds. The van der Waals surface area contributed by atoms with Crippen LogP contribution in [-0.4, -0.2) is 40.1 Å². The first-order chi connectivity index (χ1) is 8.18. The number of nitrogens with one attached hydrogen (secondary N) is 1. The van der Waals surface area contributed by atoms with Crippen LogP contribution < -0.4 is 5.32 Å². The Labute approximate surface area is 107 Å². The zero-order chi connectivity index (χ0) is 12.3. The van der Waals surface area contributed by atoms with Gasteiger partial charge in [-0.1, -0.05) is 6.07 Å². The number of rotatable bonds is 5. The molecule has 2 atom stereocenters. The van der Waals surface area contributed by atoms with E-state index in [4.69, 9.17) is 0 Å². The molecule has 4 nitrogen and oxygen atoms in total. The van der Waals surface area contributed by atoms with Gasteiger partial charge in [0.05, 0.1) is 6.54 Å². The smallest absolute Gasteiger partial charge is 0.238 e. The highest BCUT2D eigenvalue weighted by atomic mass is 32.2. The van der Waals surface area contributed by atoms with Crippen molar-refractivity contribution in [3.05, 3.63) is 22.4 Å². The normalized spacial score (nSPS) is 22.1. The average Bonchev–Trinajstić information content (AvgIpc) is 2.88. The maximum absolute atomic E-state index is 11.7. The molecule has 2 rings (SSSR count). The van der Waals surface area contributed by atoms with Crippen molar-refractivity contribution in [2.24, 2.45) is 0 Å². The number of carbonyl (C=O) groups excluding carboxylic acids is 1. The monoisotopic (exact) mass is 272 g/mol. The topological polar surface area (TPSA) is 49.4 Å². The minimum absolute atomic E-state index is 0.00721. The average molecular weight is 272 g/mol. The molecule has 0 spiro atoms. The van der Waals surface area contributed by atoms with Crippen LogP contribution in [0.2, 0.25) is 0 Å². The largest absolute Gasteiger partial charge is 0.321 e. The van der Waals surface area contributed by atoms with Gasteiger partial charge >= 0.3 is 0 Å². The van der Waals surface area contributed by atoms with Gasteiger partial charge in [0, 0.05) is 34.2 Å². The van der Waals surface area contributed by atoms with Crippen LogP contribution in [0, 0.1) is 0 Å². The van der Waals surface area contributed by atoms with E-state index in [9.17, 15) is 9.00 Å². The van der Waals surface area contributed by atoms with Crippen LogP contribution in [0.5, 0.6) is 0 Å². The Morgan fingerprint density at radius 3 is 3.12 bits per heavy atom. The molecule has 0 bridgehead atoms. The van der Waals surface area contributed by atoms with Crippen LogP contribution in [0.15, 0.2) is 17.5 Å². The molecule has 1 N–H and O–H groups in total. The third-order valence-corrected chi connectivity index (χ3v) is 4.51. The van der Waals surface area contributed by atoms with E-state index in [2.05, 4.69) is 5.32 Å². The Kier molecular flexibility index (Phi) is 4.31. The van der Waals surface area contributed by atoms with Gasteiger partial charge in [-0.25, -0.2) is 0 Å². The number of amides is 1. The van der Waals surface area contributed by atoms with E-state index in [0.717, 1.165) is 11.3 Å². The lowest BCUT2D eigenvalue weighted by Gasteiger charge is -2.23. The van der Waals surface area contributed by atoms with E-state index in [1.165, 1.54) is 0 Å². The Bertz CT molecular complexity index is 406. The number of hydrogen-bond donors (Lipinski definition) is 1. The summed E-state index contributed by atoms with van der Waals surface area (Å²) in [6.45, 7) is 1.08. The van der Waals surface area contributed by atoms with Gasteiger partial charge in [0.2, 0.25) is 5.91 Å². The fraction of sp³-hybridized carbons (Fsp3) is 0.545. The van der Waals surface area contributed by atoms with Crippen molar-refractivity contribution in [2.75, 3.05) is 25.1 Å². The minimum Gasteiger partial charge on any atom is -0.321 e. The molecule has 1 fully saturated rings. The van der Waals surface area contributed by atoms with Crippen molar-refractivity contribution in [2.45, 2.75) is 12.6 Å². The molecule has 0 aliphatic carbocycles. The lowest BCUT2D eigenvalue weighted by molar-refractivity contribution is -0.128. The highest BCUT2D eigenvalue weighted by molar-refractivity contribution is 7.84. The van der Waals surface area contributed by atoms with E-state index < -0.39 is 10.8 Å². The summed E-state index contributed by atoms with van der Waals surface area (Å²) in [6, 6.07) is 4.02. The molecule has 1 aromatic rings. The third kappa shape index (κ3) is 3.14. The highest BCUT2D eigenvalue weighted by Crippen LogP contribution is 2.26. The second-order valence-corrected chi connectivity index (χ2v) is 6.55. The van der Waals surface area contributed by atoms with Crippen LogP contribution >= 0.6 is 11.3 Å². The number of thiophene rings is 1. The summed E-state index contributed by atoms with van der Waals surface area (Å²) in [5, 5.41) is 5.22. The summed E-state index contributed by atoms with van der Waals surface area (Å²) in [4.78, 5) is 14.8. The predicted molar refractivity (Wildman–Crippen MR) is 70.3 cm³/mol. The van der Waals surface area contributed by atoms with Crippen molar-refractivity contribution < 1.29 is 9.00 Å². The molecule has 1 aromatic heterocycles. The Morgan fingerprint density at radius 1 is 1.65 bits per heavy atom. The fourth-order valence-corrected chi connectivity index (χ4v) is 3.28. The fourth-order valence-electron chi connectivity index (χ4n) is 1.93. The standard InChI is InChI=1S/C11H16N2O2S2/c1-17(15)7-3-5-13-10(14)8-12-11(13)9-4-2-6-16-9/h2,4,6,11-12H,3,5,7-8H2,1H3. The molecule has 17 heavy (non-hydrogen) atoms. The molecular formula is C11H16N2O2S2. The van der Waals surface area contributed by atoms with Gasteiger partial charge < -0.3 is 4.90 Å². The van der Waals surface area contributed by atoms with E-state index in [1.807, 2.05) is 22.4 Å². The van der Waals surface area contributed by atoms with Crippen molar-refractivity contribution in [3.8, 4) is 0 Å². The van der Waals surface area contributed by atoms with E-state index >= 15 is 0 Å². The molecule has 1 saturated heterocycles. The van der Waals surface area contributed by atoms with Crippen molar-refractivity contribution in [1.82, 2.24) is 10.2 Å². The molecular weight excluding hydrogens is 256 g/mol. The van der Waals surface area contributed by atoms with Gasteiger partial charge in [0.1, 0.15) is 6.17 Å². The van der Waals surface area contributed by atoms with Gasteiger partial charge in [-0.05, 0) is 17.9 Å². The SMILES string of the molecule is CS(=O)CCCN1C(=O)CNC1c1cccs1. The van der Waals surface area contributed by atoms with Gasteiger partial charge in [-0.15, -0.1) is 11.3 Å². The number of hydrogen-bond acceptors (Lipinski definition) is 4. The van der Waals surface area contributed by atoms with Crippen molar-refractivity contribution in [1.29, 1.82) is 0 Å². The minimum atomic E-state index is -0.781. The Hall–Kier alpha value is -0.720. The van der Waals surface area contributed by atoms with Crippen LogP contribution in [-0.2, 0) is 15.6 Å². The molecule has 2 unspecified atom stereocenters. The lowest BCUT2D eigenvalue weighted by atomic mass is 10.3. The molecule has 0 aromatic carbocycles. The second kappa shape index (κ2) is 5.75. The first kappa shape index (κ1) is 12.7. The number of carbonyl (C=O) groups is 1. The molecule has 1 aliphatic rings. The molecule has 2 heterocycles. The van der Waals surface area contributed by atoms with Crippen LogP contribution in [0.25, 0.3) is 0 Å². The highest BCUT2D eigenvalue weighted by Gasteiger charge is 2.31. The summed E-state index contributed by atoms with van der Waals surface area (Å²) in [7, 11) is -0.781. The molecule has 0 radical (unpaired) electrons. The van der Waals surface area contributed by atoms with Crippen molar-refractivity contribution >= 4 is 28.0 Å². The molecule has 94 valence electrons. The first-order valence-corrected chi connectivity index (χ1v) is 8.15. The van der Waals surface area contributed by atoms with Crippen LogP contribution in [0.4, 0.5) is 0 Å². The van der Waals surface area contributed by atoms with E-state index in [-0.39, 0.29) is 12.1 Å². The van der Waals surface area contributed by atoms with Gasteiger partial charge in [0.15, 0.2) is 0 Å². The quantitative estimate of drug-likeness (QED) is 0.868. The summed E-state index contributed by atoms with van der Waals surface area (Å²) < 4.78 is 11.0. The molecule has 1 aliphatic heterocycles. The van der Waals surface area contributed by atoms with Gasteiger partial charge in [-0.3, -0.25) is 14.3 Å². The van der Waals surface area contributed by atoms with Crippen LogP contribution in [0.1, 0.15) is 17.5 Å². The molecule has 0 saturated carbocycles. The Morgan fingerprint density at radius 2 is 2.47 bits per heavy atom. The summed E-state index contributed by atoms with van der Waals surface area (Å²) in [6.07, 6.45) is 2.49. The maximum Gasteiger partial charge on any atom is 0.238 e. The zero-order valence-electron chi connectivity index (χ0n) is 9.72. The summed E-state index contributed by atoms with van der Waals surface area (Å²) in [5.74, 6) is 0.784. The van der Waals surface area contributed by atoms with E-state index in [0.29, 0.717) is 18.8 Å². The second-order valence-electron chi connectivity index (χ2n) is 4.02. The molecule has 6 heteroatoms. The third-order valence-electron chi connectivity index (χ3n) is 2.72. The van der Waals surface area contributed by atoms with Gasteiger partial charge in [0.25, 0.3) is 0 Å². The first-order valence-electron chi connectivity index (χ1n) is 5.55. The van der Waals surface area contributed by atoms with E-state index in [1.54, 1.807) is 17.6 Å². The number of nitrogens with zero attached hydrogens (tertiary/aromatic N) is 1. The lowest BCUT2D eigenvalue weighted by Crippen LogP contribution is -2.31. The predicted octanol–water partition coefficient (Wildman–Crippen LogP) is 0.947. The van der Waals surface area contributed by atoms with Gasteiger partial charge in [-0.2, -0.15) is 0 Å². The van der Waals surface area contributed by atoms with Crippen molar-refractivity contribution in [3.63, 3.8) is 0 Å². The summed E-state index contributed by atoms with van der Waals surface area (Å²) in [5.41, 5.74) is 0. The summed E-state index contributed by atoms with van der Waals surface area (Å²) >= 11 is 1.65. The maximum atomic E-state index is 11.7.